The lowest BCUT2D eigenvalue weighted by molar-refractivity contribution is -0.141. The molecule has 15 heavy (non-hydrogen) atoms. The van der Waals surface area contributed by atoms with E-state index in [1.807, 2.05) is 6.92 Å². The van der Waals surface area contributed by atoms with Crippen LogP contribution in [0.25, 0.3) is 0 Å². The van der Waals surface area contributed by atoms with Gasteiger partial charge in [0, 0.05) is 39.7 Å². The molecule has 0 N–H and O–H groups in total. The van der Waals surface area contributed by atoms with Gasteiger partial charge in [-0.3, -0.25) is 9.59 Å². The van der Waals surface area contributed by atoms with Crippen molar-refractivity contribution < 1.29 is 14.3 Å². The molecule has 0 unspecified atom stereocenters. The average molecular weight is 214 g/mol. The third kappa shape index (κ3) is 3.51. The first-order valence-corrected chi connectivity index (χ1v) is 5.26. The Hall–Kier alpha value is -1.10. The number of piperazine rings is 1. The minimum Gasteiger partial charge on any atom is -0.372 e. The standard InChI is InChI=1S/C10H18N2O3/c1-3-15-8-10(14)12-6-4-11(5-7-12)9(2)13/h3-8H2,1-2H3. The van der Waals surface area contributed by atoms with Crippen LogP contribution in [0, 0.1) is 0 Å². The quantitative estimate of drug-likeness (QED) is 0.649. The van der Waals surface area contributed by atoms with E-state index < -0.39 is 0 Å². The molecule has 0 aromatic rings. The molecule has 2 amide bonds. The Balaban J connectivity index is 2.30. The first-order chi connectivity index (χ1) is 7.15. The third-order valence-corrected chi connectivity index (χ3v) is 2.51. The maximum Gasteiger partial charge on any atom is 0.248 e. The van der Waals surface area contributed by atoms with Gasteiger partial charge in [-0.05, 0) is 6.92 Å². The summed E-state index contributed by atoms with van der Waals surface area (Å²) in [4.78, 5) is 26.1. The topological polar surface area (TPSA) is 49.9 Å². The maximum absolute atomic E-state index is 11.5. The molecule has 1 fully saturated rings. The van der Waals surface area contributed by atoms with Crippen molar-refractivity contribution in [1.82, 2.24) is 9.80 Å². The van der Waals surface area contributed by atoms with Crippen LogP contribution >= 0.6 is 0 Å². The van der Waals surface area contributed by atoms with Crippen molar-refractivity contribution >= 4 is 11.8 Å². The molecular formula is C10H18N2O3. The highest BCUT2D eigenvalue weighted by molar-refractivity contribution is 5.78. The average Bonchev–Trinajstić information content (AvgIpc) is 2.26. The van der Waals surface area contributed by atoms with E-state index in [0.717, 1.165) is 0 Å². The molecule has 5 heteroatoms. The molecule has 0 aromatic carbocycles. The fourth-order valence-electron chi connectivity index (χ4n) is 1.55. The summed E-state index contributed by atoms with van der Waals surface area (Å²) in [7, 11) is 0. The van der Waals surface area contributed by atoms with Crippen molar-refractivity contribution in [2.75, 3.05) is 39.4 Å². The minimum atomic E-state index is 0.0139. The highest BCUT2D eigenvalue weighted by Crippen LogP contribution is 2.02. The van der Waals surface area contributed by atoms with Gasteiger partial charge in [-0.25, -0.2) is 0 Å². The monoisotopic (exact) mass is 214 g/mol. The molecule has 5 nitrogen and oxygen atoms in total. The number of ether oxygens (including phenoxy) is 1. The highest BCUT2D eigenvalue weighted by atomic mass is 16.5. The van der Waals surface area contributed by atoms with E-state index in [9.17, 15) is 9.59 Å². The minimum absolute atomic E-state index is 0.0139. The number of carbonyl (C=O) groups excluding carboxylic acids is 2. The van der Waals surface area contributed by atoms with Crippen LogP contribution in [0.1, 0.15) is 13.8 Å². The molecule has 1 aliphatic heterocycles. The van der Waals surface area contributed by atoms with Crippen LogP contribution < -0.4 is 0 Å². The lowest BCUT2D eigenvalue weighted by atomic mass is 10.3. The SMILES string of the molecule is CCOCC(=O)N1CCN(C(C)=O)CC1. The van der Waals surface area contributed by atoms with Gasteiger partial charge in [-0.1, -0.05) is 0 Å². The number of nitrogens with zero attached hydrogens (tertiary/aromatic N) is 2. The van der Waals surface area contributed by atoms with Crippen molar-refractivity contribution in [3.05, 3.63) is 0 Å². The summed E-state index contributed by atoms with van der Waals surface area (Å²) in [5.74, 6) is 0.0898. The highest BCUT2D eigenvalue weighted by Gasteiger charge is 2.21. The summed E-state index contributed by atoms with van der Waals surface area (Å²) < 4.78 is 5.05. The van der Waals surface area contributed by atoms with Crippen LogP contribution in [-0.4, -0.2) is 61.0 Å². The number of carbonyl (C=O) groups is 2. The third-order valence-electron chi connectivity index (χ3n) is 2.51. The van der Waals surface area contributed by atoms with Gasteiger partial charge in [0.1, 0.15) is 6.61 Å². The number of hydrogen-bond acceptors (Lipinski definition) is 3. The van der Waals surface area contributed by atoms with E-state index in [2.05, 4.69) is 0 Å². The molecule has 1 rings (SSSR count). The predicted octanol–water partition coefficient (Wildman–Crippen LogP) is -0.286. The lowest BCUT2D eigenvalue weighted by Gasteiger charge is -2.34. The van der Waals surface area contributed by atoms with Gasteiger partial charge in [0.25, 0.3) is 0 Å². The smallest absolute Gasteiger partial charge is 0.248 e. The molecule has 1 saturated heterocycles. The summed E-state index contributed by atoms with van der Waals surface area (Å²) in [6.45, 7) is 6.62. The molecule has 0 spiro atoms. The molecule has 86 valence electrons. The normalized spacial score (nSPS) is 16.7. The van der Waals surface area contributed by atoms with Crippen LogP contribution in [0.3, 0.4) is 0 Å². The van der Waals surface area contributed by atoms with Crippen molar-refractivity contribution in [2.45, 2.75) is 13.8 Å². The predicted molar refractivity (Wildman–Crippen MR) is 55.3 cm³/mol. The number of hydrogen-bond donors (Lipinski definition) is 0. The first-order valence-electron chi connectivity index (χ1n) is 5.26. The second-order valence-electron chi connectivity index (χ2n) is 3.52. The maximum atomic E-state index is 11.5. The molecule has 0 saturated carbocycles. The summed E-state index contributed by atoms with van der Waals surface area (Å²) in [5.41, 5.74) is 0. The zero-order valence-electron chi connectivity index (χ0n) is 9.36. The van der Waals surface area contributed by atoms with Crippen LogP contribution in [0.5, 0.6) is 0 Å². The number of rotatable bonds is 3. The molecular weight excluding hydrogens is 196 g/mol. The summed E-state index contributed by atoms with van der Waals surface area (Å²) in [5, 5.41) is 0. The summed E-state index contributed by atoms with van der Waals surface area (Å²) in [6.07, 6.45) is 0. The molecule has 0 aromatic heterocycles. The van der Waals surface area contributed by atoms with E-state index in [-0.39, 0.29) is 18.4 Å². The van der Waals surface area contributed by atoms with Crippen LogP contribution in [0.15, 0.2) is 0 Å². The van der Waals surface area contributed by atoms with E-state index in [0.29, 0.717) is 32.8 Å². The summed E-state index contributed by atoms with van der Waals surface area (Å²) in [6, 6.07) is 0. The second-order valence-corrected chi connectivity index (χ2v) is 3.52. The lowest BCUT2D eigenvalue weighted by Crippen LogP contribution is -2.50. The Bertz CT molecular complexity index is 235. The Morgan fingerprint density at radius 2 is 1.67 bits per heavy atom. The van der Waals surface area contributed by atoms with Gasteiger partial charge < -0.3 is 14.5 Å². The fourth-order valence-corrected chi connectivity index (χ4v) is 1.55. The van der Waals surface area contributed by atoms with Crippen molar-refractivity contribution in [3.8, 4) is 0 Å². The number of amides is 2. The zero-order valence-corrected chi connectivity index (χ0v) is 9.36. The van der Waals surface area contributed by atoms with E-state index in [4.69, 9.17) is 4.74 Å². The van der Waals surface area contributed by atoms with Gasteiger partial charge in [-0.2, -0.15) is 0 Å². The molecule has 0 aliphatic carbocycles. The van der Waals surface area contributed by atoms with Crippen LogP contribution in [-0.2, 0) is 14.3 Å². The van der Waals surface area contributed by atoms with Crippen LogP contribution in [0.2, 0.25) is 0 Å². The van der Waals surface area contributed by atoms with Gasteiger partial charge in [0.2, 0.25) is 11.8 Å². The molecule has 1 heterocycles. The second kappa shape index (κ2) is 5.70. The largest absolute Gasteiger partial charge is 0.372 e. The molecule has 0 atom stereocenters. The van der Waals surface area contributed by atoms with E-state index >= 15 is 0 Å². The Morgan fingerprint density at radius 1 is 1.13 bits per heavy atom. The Morgan fingerprint density at radius 3 is 2.13 bits per heavy atom. The van der Waals surface area contributed by atoms with Crippen molar-refractivity contribution in [3.63, 3.8) is 0 Å². The van der Waals surface area contributed by atoms with Gasteiger partial charge in [0.05, 0.1) is 0 Å². The van der Waals surface area contributed by atoms with Gasteiger partial charge in [0.15, 0.2) is 0 Å². The van der Waals surface area contributed by atoms with E-state index in [1.165, 1.54) is 0 Å². The first kappa shape index (κ1) is 12.0. The van der Waals surface area contributed by atoms with E-state index in [1.54, 1.807) is 16.7 Å². The summed E-state index contributed by atoms with van der Waals surface area (Å²) >= 11 is 0. The van der Waals surface area contributed by atoms with Crippen molar-refractivity contribution in [2.24, 2.45) is 0 Å². The van der Waals surface area contributed by atoms with Gasteiger partial charge in [-0.15, -0.1) is 0 Å². The van der Waals surface area contributed by atoms with Crippen molar-refractivity contribution in [1.29, 1.82) is 0 Å². The van der Waals surface area contributed by atoms with Crippen LogP contribution in [0.4, 0.5) is 0 Å². The Labute approximate surface area is 90.0 Å². The molecule has 1 aliphatic rings. The fraction of sp³-hybridized carbons (Fsp3) is 0.800. The Kier molecular flexibility index (Phi) is 4.55. The molecule has 0 radical (unpaired) electrons. The molecule has 0 bridgehead atoms. The van der Waals surface area contributed by atoms with Gasteiger partial charge >= 0.3 is 0 Å². The zero-order chi connectivity index (χ0) is 11.3.